The number of anilines is 2. The molecule has 1 atom stereocenters. The van der Waals surface area contributed by atoms with E-state index in [2.05, 4.69) is 9.97 Å². The molecule has 2 N–H and O–H groups in total. The van der Waals surface area contributed by atoms with Gasteiger partial charge < -0.3 is 24.7 Å². The SMILES string of the molecule is OCC(O)C1CCN(c2ncc(F)c(N3CCOCC3)n2)CC1. The summed E-state index contributed by atoms with van der Waals surface area (Å²) in [5.41, 5.74) is 0. The van der Waals surface area contributed by atoms with Gasteiger partial charge in [-0.3, -0.25) is 0 Å². The van der Waals surface area contributed by atoms with Gasteiger partial charge >= 0.3 is 0 Å². The van der Waals surface area contributed by atoms with Crippen molar-refractivity contribution in [1.29, 1.82) is 0 Å². The summed E-state index contributed by atoms with van der Waals surface area (Å²) in [6.07, 6.45) is 2.07. The van der Waals surface area contributed by atoms with Gasteiger partial charge in [-0.05, 0) is 18.8 Å². The Balaban J connectivity index is 1.69. The van der Waals surface area contributed by atoms with Gasteiger partial charge in [0.05, 0.1) is 32.1 Å². The molecule has 3 rings (SSSR count). The summed E-state index contributed by atoms with van der Waals surface area (Å²) < 4.78 is 19.3. The first-order valence-electron chi connectivity index (χ1n) is 8.08. The third-order valence-electron chi connectivity index (χ3n) is 4.58. The van der Waals surface area contributed by atoms with Gasteiger partial charge in [0.25, 0.3) is 0 Å². The predicted octanol–water partition coefficient (Wildman–Crippen LogP) is 0.0219. The molecular formula is C15H23FN4O3. The molecule has 0 spiro atoms. The number of aliphatic hydroxyl groups excluding tert-OH is 2. The smallest absolute Gasteiger partial charge is 0.227 e. The van der Waals surface area contributed by atoms with Crippen LogP contribution in [0.4, 0.5) is 16.2 Å². The standard InChI is InChI=1S/C15H23FN4O3/c16-12-9-17-15(18-14(12)19-5-7-23-8-6-19)20-3-1-11(2-4-20)13(22)10-21/h9,11,13,21-22H,1-8,10H2. The molecule has 2 fully saturated rings. The van der Waals surface area contributed by atoms with Gasteiger partial charge in [0.1, 0.15) is 0 Å². The Hall–Kier alpha value is -1.51. The summed E-state index contributed by atoms with van der Waals surface area (Å²) in [5, 5.41) is 18.8. The average molecular weight is 326 g/mol. The normalized spacial score (nSPS) is 21.5. The maximum absolute atomic E-state index is 14.0. The molecule has 23 heavy (non-hydrogen) atoms. The molecule has 1 aromatic rings. The van der Waals surface area contributed by atoms with Crippen LogP contribution in [-0.4, -0.2) is 72.3 Å². The monoisotopic (exact) mass is 326 g/mol. The highest BCUT2D eigenvalue weighted by atomic mass is 19.1. The summed E-state index contributed by atoms with van der Waals surface area (Å²) in [6.45, 7) is 3.56. The molecule has 7 nitrogen and oxygen atoms in total. The number of aliphatic hydroxyl groups is 2. The predicted molar refractivity (Wildman–Crippen MR) is 83.1 cm³/mol. The summed E-state index contributed by atoms with van der Waals surface area (Å²) in [4.78, 5) is 12.4. The minimum atomic E-state index is -0.671. The van der Waals surface area contributed by atoms with E-state index in [0.29, 0.717) is 51.2 Å². The Bertz CT molecular complexity index is 519. The number of morpholine rings is 1. The lowest BCUT2D eigenvalue weighted by Crippen LogP contribution is -2.40. The molecule has 0 saturated carbocycles. The molecule has 0 aliphatic carbocycles. The Kier molecular flexibility index (Phi) is 5.24. The molecule has 128 valence electrons. The first-order valence-corrected chi connectivity index (χ1v) is 8.08. The fourth-order valence-corrected chi connectivity index (χ4v) is 3.13. The largest absolute Gasteiger partial charge is 0.394 e. The quantitative estimate of drug-likeness (QED) is 0.807. The van der Waals surface area contributed by atoms with E-state index < -0.39 is 11.9 Å². The van der Waals surface area contributed by atoms with Crippen LogP contribution in [0.1, 0.15) is 12.8 Å². The zero-order valence-corrected chi connectivity index (χ0v) is 13.1. The first-order chi connectivity index (χ1) is 11.2. The van der Waals surface area contributed by atoms with Crippen LogP contribution in [0.5, 0.6) is 0 Å². The average Bonchev–Trinajstić information content (AvgIpc) is 2.62. The van der Waals surface area contributed by atoms with Crippen LogP contribution in [0.15, 0.2) is 6.20 Å². The zero-order valence-electron chi connectivity index (χ0n) is 13.1. The highest BCUT2D eigenvalue weighted by Crippen LogP contribution is 2.25. The second-order valence-electron chi connectivity index (χ2n) is 6.02. The zero-order chi connectivity index (χ0) is 16.2. The lowest BCUT2D eigenvalue weighted by atomic mass is 9.92. The van der Waals surface area contributed by atoms with Crippen molar-refractivity contribution in [3.05, 3.63) is 12.0 Å². The second kappa shape index (κ2) is 7.37. The topological polar surface area (TPSA) is 82.0 Å². The highest BCUT2D eigenvalue weighted by molar-refractivity contribution is 5.45. The molecule has 0 bridgehead atoms. The van der Waals surface area contributed by atoms with Gasteiger partial charge in [0.15, 0.2) is 11.6 Å². The molecule has 0 aromatic carbocycles. The third-order valence-corrected chi connectivity index (χ3v) is 4.58. The Morgan fingerprint density at radius 2 is 1.91 bits per heavy atom. The lowest BCUT2D eigenvalue weighted by Gasteiger charge is -2.34. The maximum Gasteiger partial charge on any atom is 0.227 e. The van der Waals surface area contributed by atoms with E-state index in [4.69, 9.17) is 9.84 Å². The van der Waals surface area contributed by atoms with Gasteiger partial charge in [-0.1, -0.05) is 0 Å². The summed E-state index contributed by atoms with van der Waals surface area (Å²) >= 11 is 0. The lowest BCUT2D eigenvalue weighted by molar-refractivity contribution is 0.0375. The first kappa shape index (κ1) is 16.4. The molecule has 8 heteroatoms. The van der Waals surface area contributed by atoms with Crippen LogP contribution in [-0.2, 0) is 4.74 Å². The second-order valence-corrected chi connectivity index (χ2v) is 6.02. The number of hydrogen-bond donors (Lipinski definition) is 2. The van der Waals surface area contributed by atoms with Crippen LogP contribution in [0.25, 0.3) is 0 Å². The van der Waals surface area contributed by atoms with Crippen molar-refractivity contribution in [3.63, 3.8) is 0 Å². The fourth-order valence-electron chi connectivity index (χ4n) is 3.13. The number of halogens is 1. The number of ether oxygens (including phenoxy) is 1. The van der Waals surface area contributed by atoms with E-state index in [9.17, 15) is 9.50 Å². The minimum absolute atomic E-state index is 0.0930. The van der Waals surface area contributed by atoms with Crippen molar-refractivity contribution in [3.8, 4) is 0 Å². The number of nitrogens with zero attached hydrogens (tertiary/aromatic N) is 4. The van der Waals surface area contributed by atoms with Gasteiger partial charge in [0, 0.05) is 26.2 Å². The van der Waals surface area contributed by atoms with Crippen molar-refractivity contribution in [2.75, 3.05) is 55.8 Å². The van der Waals surface area contributed by atoms with Crippen molar-refractivity contribution >= 4 is 11.8 Å². The molecule has 1 unspecified atom stereocenters. The number of piperidine rings is 1. The molecule has 0 radical (unpaired) electrons. The number of hydrogen-bond acceptors (Lipinski definition) is 7. The van der Waals surface area contributed by atoms with Crippen LogP contribution < -0.4 is 9.80 Å². The van der Waals surface area contributed by atoms with Gasteiger partial charge in [-0.15, -0.1) is 0 Å². The molecule has 2 saturated heterocycles. The van der Waals surface area contributed by atoms with Crippen LogP contribution >= 0.6 is 0 Å². The van der Waals surface area contributed by atoms with Crippen molar-refractivity contribution in [1.82, 2.24) is 9.97 Å². The molecular weight excluding hydrogens is 303 g/mol. The summed E-state index contributed by atoms with van der Waals surface area (Å²) in [7, 11) is 0. The minimum Gasteiger partial charge on any atom is -0.394 e. The van der Waals surface area contributed by atoms with Crippen molar-refractivity contribution in [2.45, 2.75) is 18.9 Å². The fraction of sp³-hybridized carbons (Fsp3) is 0.733. The molecule has 1 aromatic heterocycles. The summed E-state index contributed by atoms with van der Waals surface area (Å²) in [5.74, 6) is 0.525. The van der Waals surface area contributed by atoms with Crippen LogP contribution in [0, 0.1) is 11.7 Å². The van der Waals surface area contributed by atoms with Gasteiger partial charge in [0.2, 0.25) is 5.95 Å². The van der Waals surface area contributed by atoms with Crippen molar-refractivity contribution < 1.29 is 19.3 Å². The molecule has 2 aliphatic rings. The molecule has 3 heterocycles. The number of rotatable bonds is 4. The van der Waals surface area contributed by atoms with E-state index in [-0.39, 0.29) is 12.5 Å². The van der Waals surface area contributed by atoms with E-state index in [0.717, 1.165) is 12.8 Å². The third kappa shape index (κ3) is 3.70. The molecule has 0 amide bonds. The van der Waals surface area contributed by atoms with Gasteiger partial charge in [-0.25, -0.2) is 9.37 Å². The van der Waals surface area contributed by atoms with Gasteiger partial charge in [-0.2, -0.15) is 4.98 Å². The van der Waals surface area contributed by atoms with E-state index in [1.165, 1.54) is 6.20 Å². The maximum atomic E-state index is 14.0. The highest BCUT2D eigenvalue weighted by Gasteiger charge is 2.27. The Morgan fingerprint density at radius 3 is 2.57 bits per heavy atom. The van der Waals surface area contributed by atoms with Crippen LogP contribution in [0.2, 0.25) is 0 Å². The van der Waals surface area contributed by atoms with E-state index in [1.54, 1.807) is 0 Å². The molecule has 2 aliphatic heterocycles. The van der Waals surface area contributed by atoms with E-state index in [1.807, 2.05) is 9.80 Å². The van der Waals surface area contributed by atoms with Crippen LogP contribution in [0.3, 0.4) is 0 Å². The summed E-state index contributed by atoms with van der Waals surface area (Å²) in [6, 6.07) is 0. The Labute approximate surface area is 134 Å². The number of aromatic nitrogens is 2. The Morgan fingerprint density at radius 1 is 1.22 bits per heavy atom. The van der Waals surface area contributed by atoms with Crippen molar-refractivity contribution in [2.24, 2.45) is 5.92 Å². The van der Waals surface area contributed by atoms with E-state index >= 15 is 0 Å².